The highest BCUT2D eigenvalue weighted by atomic mass is 32.1. The fraction of sp³-hybridized carbons (Fsp3) is 0. The quantitative estimate of drug-likeness (QED) is 0.290. The second kappa shape index (κ2) is 8.11. The summed E-state index contributed by atoms with van der Waals surface area (Å²) >= 11 is 4.08. The molecule has 0 atom stereocenters. The smallest absolute Gasteiger partial charge is 0.00399 e. The molecule has 0 N–H and O–H groups in total. The molecule has 5 aromatic rings. The molecular formula is C26H20S. The van der Waals surface area contributed by atoms with Gasteiger partial charge >= 0.3 is 0 Å². The van der Waals surface area contributed by atoms with Crippen molar-refractivity contribution in [2.45, 2.75) is 4.90 Å². The minimum atomic E-state index is 1.02. The summed E-state index contributed by atoms with van der Waals surface area (Å²) in [6, 6.07) is 40.0. The zero-order valence-corrected chi connectivity index (χ0v) is 15.8. The highest BCUT2D eigenvalue weighted by molar-refractivity contribution is 7.80. The Morgan fingerprint density at radius 1 is 0.370 bits per heavy atom. The van der Waals surface area contributed by atoms with Crippen molar-refractivity contribution in [1.29, 1.82) is 0 Å². The molecule has 0 radical (unpaired) electrons. The Hall–Kier alpha value is -3.03. The average Bonchev–Trinajstić information content (AvgIpc) is 2.74. The molecule has 0 saturated carbocycles. The van der Waals surface area contributed by atoms with Gasteiger partial charge in [0.1, 0.15) is 0 Å². The van der Waals surface area contributed by atoms with Crippen molar-refractivity contribution in [2.75, 3.05) is 0 Å². The van der Waals surface area contributed by atoms with Crippen LogP contribution in [0.4, 0.5) is 0 Å². The molecule has 0 aromatic heterocycles. The van der Waals surface area contributed by atoms with E-state index in [0.29, 0.717) is 0 Å². The molecule has 0 aliphatic rings. The number of benzene rings is 5. The van der Waals surface area contributed by atoms with E-state index in [0.717, 1.165) is 4.90 Å². The van der Waals surface area contributed by atoms with E-state index in [2.05, 4.69) is 97.6 Å². The first-order chi connectivity index (χ1) is 13.3. The van der Waals surface area contributed by atoms with Crippen molar-refractivity contribution in [3.63, 3.8) is 0 Å². The Bertz CT molecular complexity index is 1090. The molecule has 5 aromatic carbocycles. The van der Waals surface area contributed by atoms with Crippen LogP contribution in [0, 0.1) is 0 Å². The summed E-state index contributed by atoms with van der Waals surface area (Å²) < 4.78 is 0. The van der Waals surface area contributed by atoms with Gasteiger partial charge in [0.25, 0.3) is 0 Å². The highest BCUT2D eigenvalue weighted by Crippen LogP contribution is 2.33. The predicted molar refractivity (Wildman–Crippen MR) is 121 cm³/mol. The van der Waals surface area contributed by atoms with Crippen LogP contribution in [0.2, 0.25) is 0 Å². The molecule has 0 spiro atoms. The maximum Gasteiger partial charge on any atom is 0.00399 e. The fourth-order valence-corrected chi connectivity index (χ4v) is 3.52. The fourth-order valence-electron chi connectivity index (χ4n) is 3.35. The monoisotopic (exact) mass is 364 g/mol. The number of thiol groups is 1. The molecule has 0 aliphatic carbocycles. The van der Waals surface area contributed by atoms with Gasteiger partial charge in [-0.15, -0.1) is 12.6 Å². The van der Waals surface area contributed by atoms with Gasteiger partial charge in [-0.1, -0.05) is 103 Å². The van der Waals surface area contributed by atoms with E-state index in [1.807, 2.05) is 30.3 Å². The van der Waals surface area contributed by atoms with Crippen molar-refractivity contribution < 1.29 is 0 Å². The first kappa shape index (κ1) is 17.4. The van der Waals surface area contributed by atoms with Crippen molar-refractivity contribution in [2.24, 2.45) is 0 Å². The normalized spacial score (nSPS) is 10.4. The largest absolute Gasteiger partial charge is 0.143 e. The lowest BCUT2D eigenvalue weighted by molar-refractivity contribution is 1.48. The zero-order chi connectivity index (χ0) is 18.5. The summed E-state index contributed by atoms with van der Waals surface area (Å²) in [6.07, 6.45) is 0. The van der Waals surface area contributed by atoms with Gasteiger partial charge in [0, 0.05) is 4.90 Å². The molecule has 0 amide bonds. The van der Waals surface area contributed by atoms with E-state index in [-0.39, 0.29) is 0 Å². The van der Waals surface area contributed by atoms with E-state index in [9.17, 15) is 0 Å². The number of hydrogen-bond acceptors (Lipinski definition) is 1. The Morgan fingerprint density at radius 2 is 0.778 bits per heavy atom. The zero-order valence-electron chi connectivity index (χ0n) is 14.9. The van der Waals surface area contributed by atoms with Crippen LogP contribution in [0.15, 0.2) is 120 Å². The number of rotatable bonds is 1. The molecule has 0 aliphatic heterocycles. The molecule has 130 valence electrons. The van der Waals surface area contributed by atoms with E-state index < -0.39 is 0 Å². The molecule has 0 bridgehead atoms. The predicted octanol–water partition coefficient (Wildman–Crippen LogP) is 7.64. The van der Waals surface area contributed by atoms with Crippen LogP contribution in [0.5, 0.6) is 0 Å². The van der Waals surface area contributed by atoms with Crippen LogP contribution in [-0.2, 0) is 0 Å². The van der Waals surface area contributed by atoms with Crippen LogP contribution in [0.3, 0.4) is 0 Å². The summed E-state index contributed by atoms with van der Waals surface area (Å²) in [5.74, 6) is 0. The first-order valence-electron chi connectivity index (χ1n) is 9.03. The molecule has 1 heteroatoms. The molecule has 27 heavy (non-hydrogen) atoms. The van der Waals surface area contributed by atoms with E-state index in [1.54, 1.807) is 0 Å². The van der Waals surface area contributed by atoms with Gasteiger partial charge < -0.3 is 0 Å². The van der Waals surface area contributed by atoms with Crippen molar-refractivity contribution in [3.8, 4) is 11.1 Å². The molecule has 0 nitrogen and oxygen atoms in total. The molecule has 0 heterocycles. The van der Waals surface area contributed by atoms with Crippen LogP contribution >= 0.6 is 12.6 Å². The van der Waals surface area contributed by atoms with Gasteiger partial charge in [0.05, 0.1) is 0 Å². The minimum absolute atomic E-state index is 1.02. The SMILES string of the molecule is Sc1ccccc1.c1ccc2c(-c3cccc4ccccc34)cccc2c1. The highest BCUT2D eigenvalue weighted by Gasteiger charge is 2.06. The van der Waals surface area contributed by atoms with E-state index in [1.165, 1.54) is 32.7 Å². The summed E-state index contributed by atoms with van der Waals surface area (Å²) in [7, 11) is 0. The summed E-state index contributed by atoms with van der Waals surface area (Å²) in [5, 5.41) is 5.20. The standard InChI is InChI=1S/C20H14.C6H6S/c1-3-11-17-15(7-1)9-5-13-19(17)20-14-6-10-16-8-2-4-12-18(16)20;7-6-4-2-1-3-5-6/h1-14H;1-5,7H. The molecule has 0 saturated heterocycles. The molecular weight excluding hydrogens is 344 g/mol. The van der Waals surface area contributed by atoms with Gasteiger partial charge in [-0.3, -0.25) is 0 Å². The van der Waals surface area contributed by atoms with Gasteiger partial charge in [0.2, 0.25) is 0 Å². The lowest BCUT2D eigenvalue weighted by atomic mass is 9.94. The minimum Gasteiger partial charge on any atom is -0.143 e. The Balaban J connectivity index is 0.000000218. The van der Waals surface area contributed by atoms with Gasteiger partial charge in [-0.25, -0.2) is 0 Å². The lowest BCUT2D eigenvalue weighted by Gasteiger charge is -2.10. The maximum absolute atomic E-state index is 4.08. The van der Waals surface area contributed by atoms with E-state index >= 15 is 0 Å². The van der Waals surface area contributed by atoms with Crippen LogP contribution in [0.1, 0.15) is 0 Å². The topological polar surface area (TPSA) is 0 Å². The van der Waals surface area contributed by atoms with Crippen LogP contribution in [-0.4, -0.2) is 0 Å². The second-order valence-electron chi connectivity index (χ2n) is 6.39. The summed E-state index contributed by atoms with van der Waals surface area (Å²) in [5.41, 5.74) is 2.61. The van der Waals surface area contributed by atoms with Gasteiger partial charge in [-0.05, 0) is 44.8 Å². The molecule has 0 unspecified atom stereocenters. The Kier molecular flexibility index (Phi) is 5.22. The second-order valence-corrected chi connectivity index (χ2v) is 6.91. The summed E-state index contributed by atoms with van der Waals surface area (Å²) in [6.45, 7) is 0. The van der Waals surface area contributed by atoms with Crippen LogP contribution in [0.25, 0.3) is 32.7 Å². The third-order valence-electron chi connectivity index (χ3n) is 4.63. The summed E-state index contributed by atoms with van der Waals surface area (Å²) in [4.78, 5) is 1.02. The van der Waals surface area contributed by atoms with Crippen molar-refractivity contribution >= 4 is 34.2 Å². The van der Waals surface area contributed by atoms with Crippen molar-refractivity contribution in [1.82, 2.24) is 0 Å². The maximum atomic E-state index is 4.08. The Labute approximate surface area is 165 Å². The molecule has 5 rings (SSSR count). The average molecular weight is 365 g/mol. The van der Waals surface area contributed by atoms with Gasteiger partial charge in [0.15, 0.2) is 0 Å². The van der Waals surface area contributed by atoms with Gasteiger partial charge in [-0.2, -0.15) is 0 Å². The number of fused-ring (bicyclic) bond motifs is 2. The Morgan fingerprint density at radius 3 is 1.22 bits per heavy atom. The number of hydrogen-bond donors (Lipinski definition) is 1. The molecule has 0 fully saturated rings. The van der Waals surface area contributed by atoms with E-state index in [4.69, 9.17) is 0 Å². The first-order valence-corrected chi connectivity index (χ1v) is 9.47. The van der Waals surface area contributed by atoms with Crippen LogP contribution < -0.4 is 0 Å². The lowest BCUT2D eigenvalue weighted by Crippen LogP contribution is -1.83. The van der Waals surface area contributed by atoms with Crippen molar-refractivity contribution in [3.05, 3.63) is 115 Å². The third-order valence-corrected chi connectivity index (χ3v) is 4.92. The third kappa shape index (κ3) is 3.89.